The van der Waals surface area contributed by atoms with Gasteiger partial charge in [0.2, 0.25) is 0 Å². The predicted octanol–water partition coefficient (Wildman–Crippen LogP) is 6.44. The van der Waals surface area contributed by atoms with Crippen LogP contribution in [0.5, 0.6) is 0 Å². The van der Waals surface area contributed by atoms with Gasteiger partial charge in [0.25, 0.3) is 0 Å². The SMILES string of the molecule is C1=CSc2ccccc2N=C1.Nc1ccc(C(=O)C2C=c3ccccc3=c3ccc4c(c32)CCCC=4)cc1. The lowest BCUT2D eigenvalue weighted by atomic mass is 9.80. The quantitative estimate of drug-likeness (QED) is 0.248. The molecule has 0 spiro atoms. The number of fused-ring (bicyclic) bond motifs is 5. The number of aliphatic imine (C=N–C) groups is 1. The van der Waals surface area contributed by atoms with Crippen molar-refractivity contribution in [2.24, 2.45) is 4.99 Å². The first-order valence-electron chi connectivity index (χ1n) is 13.0. The number of nitrogens with two attached hydrogens (primary N) is 1. The summed E-state index contributed by atoms with van der Waals surface area (Å²) in [5.41, 5.74) is 10.8. The highest BCUT2D eigenvalue weighted by Gasteiger charge is 2.26. The van der Waals surface area contributed by atoms with Crippen molar-refractivity contribution in [3.05, 3.63) is 134 Å². The molecule has 4 aromatic rings. The van der Waals surface area contributed by atoms with Gasteiger partial charge in [0.15, 0.2) is 5.78 Å². The van der Waals surface area contributed by atoms with Crippen LogP contribution in [0, 0.1) is 10.4 Å². The van der Waals surface area contributed by atoms with Gasteiger partial charge in [-0.2, -0.15) is 0 Å². The van der Waals surface area contributed by atoms with E-state index in [0.717, 1.165) is 30.2 Å². The molecule has 1 aliphatic heterocycles. The van der Waals surface area contributed by atoms with Crippen molar-refractivity contribution in [3.8, 4) is 0 Å². The molecular formula is C34H28N2OS. The summed E-state index contributed by atoms with van der Waals surface area (Å²) in [4.78, 5) is 19.0. The fourth-order valence-corrected chi connectivity index (χ4v) is 6.09. The van der Waals surface area contributed by atoms with Gasteiger partial charge in [-0.15, -0.1) is 0 Å². The molecule has 1 heterocycles. The third kappa shape index (κ3) is 4.75. The summed E-state index contributed by atoms with van der Waals surface area (Å²) in [7, 11) is 0. The van der Waals surface area contributed by atoms with E-state index < -0.39 is 0 Å². The van der Waals surface area contributed by atoms with E-state index in [1.54, 1.807) is 23.9 Å². The molecule has 2 aliphatic carbocycles. The minimum atomic E-state index is -0.250. The highest BCUT2D eigenvalue weighted by molar-refractivity contribution is 8.02. The number of anilines is 1. The summed E-state index contributed by atoms with van der Waals surface area (Å²) < 4.78 is 0. The molecule has 3 nitrogen and oxygen atoms in total. The van der Waals surface area contributed by atoms with Crippen molar-refractivity contribution in [3.63, 3.8) is 0 Å². The summed E-state index contributed by atoms with van der Waals surface area (Å²) in [5.74, 6) is -0.107. The first kappa shape index (κ1) is 24.2. The Hall–Kier alpha value is -4.15. The van der Waals surface area contributed by atoms with Gasteiger partial charge in [0, 0.05) is 22.4 Å². The molecular weight excluding hydrogens is 484 g/mol. The largest absolute Gasteiger partial charge is 0.399 e. The molecule has 4 heteroatoms. The van der Waals surface area contributed by atoms with Crippen LogP contribution in [-0.2, 0) is 6.42 Å². The second-order valence-electron chi connectivity index (χ2n) is 9.60. The monoisotopic (exact) mass is 512 g/mol. The maximum Gasteiger partial charge on any atom is 0.174 e. The summed E-state index contributed by atoms with van der Waals surface area (Å²) >= 11 is 1.70. The molecule has 0 amide bonds. The van der Waals surface area contributed by atoms with Crippen molar-refractivity contribution in [1.82, 2.24) is 0 Å². The van der Waals surface area contributed by atoms with E-state index >= 15 is 0 Å². The number of nitrogens with zero attached hydrogens (tertiary/aromatic N) is 1. The number of hydrogen-bond donors (Lipinski definition) is 1. The first-order chi connectivity index (χ1) is 18.7. The van der Waals surface area contributed by atoms with E-state index in [1.165, 1.54) is 31.7 Å². The first-order valence-corrected chi connectivity index (χ1v) is 13.8. The molecule has 186 valence electrons. The van der Waals surface area contributed by atoms with E-state index in [4.69, 9.17) is 5.73 Å². The van der Waals surface area contributed by atoms with E-state index in [9.17, 15) is 4.79 Å². The van der Waals surface area contributed by atoms with Gasteiger partial charge < -0.3 is 5.73 Å². The zero-order valence-corrected chi connectivity index (χ0v) is 21.8. The van der Waals surface area contributed by atoms with Crippen molar-refractivity contribution in [2.75, 3.05) is 5.73 Å². The number of benzene rings is 4. The number of rotatable bonds is 2. The predicted molar refractivity (Wildman–Crippen MR) is 159 cm³/mol. The second kappa shape index (κ2) is 10.7. The van der Waals surface area contributed by atoms with Gasteiger partial charge in [-0.05, 0) is 99.1 Å². The van der Waals surface area contributed by atoms with E-state index in [1.807, 2.05) is 54.1 Å². The van der Waals surface area contributed by atoms with Crippen LogP contribution in [0.3, 0.4) is 0 Å². The van der Waals surface area contributed by atoms with Gasteiger partial charge in [-0.1, -0.05) is 72.4 Å². The topological polar surface area (TPSA) is 55.4 Å². The zero-order chi connectivity index (χ0) is 25.9. The molecule has 0 radical (unpaired) electrons. The number of hydrogen-bond acceptors (Lipinski definition) is 4. The van der Waals surface area contributed by atoms with E-state index in [0.29, 0.717) is 11.3 Å². The Bertz CT molecular complexity index is 1800. The van der Waals surface area contributed by atoms with E-state index in [-0.39, 0.29) is 11.7 Å². The molecule has 0 saturated carbocycles. The normalized spacial score (nSPS) is 16.2. The van der Waals surface area contributed by atoms with Crippen molar-refractivity contribution in [1.29, 1.82) is 0 Å². The third-order valence-electron chi connectivity index (χ3n) is 7.21. The highest BCUT2D eigenvalue weighted by Crippen LogP contribution is 2.31. The molecule has 0 aromatic heterocycles. The Morgan fingerprint density at radius 3 is 2.58 bits per heavy atom. The minimum Gasteiger partial charge on any atom is -0.399 e. The molecule has 0 saturated heterocycles. The molecule has 2 N–H and O–H groups in total. The number of nitrogen functional groups attached to an aromatic ring is 1. The fraction of sp³-hybridized carbons (Fsp3) is 0.118. The Morgan fingerprint density at radius 1 is 0.868 bits per heavy atom. The van der Waals surface area contributed by atoms with Crippen molar-refractivity contribution < 1.29 is 4.79 Å². The van der Waals surface area contributed by atoms with Crippen LogP contribution in [0.1, 0.15) is 40.2 Å². The lowest BCUT2D eigenvalue weighted by Gasteiger charge is -2.23. The number of para-hydroxylation sites is 1. The second-order valence-corrected chi connectivity index (χ2v) is 10.5. The number of carbonyl (C=O) groups excluding carboxylic acids is 1. The molecule has 3 aliphatic rings. The molecule has 4 aromatic carbocycles. The van der Waals surface area contributed by atoms with Gasteiger partial charge in [0.05, 0.1) is 11.6 Å². The lowest BCUT2D eigenvalue weighted by Crippen LogP contribution is -2.25. The maximum atomic E-state index is 13.5. The van der Waals surface area contributed by atoms with Crippen molar-refractivity contribution >= 4 is 47.3 Å². The van der Waals surface area contributed by atoms with Gasteiger partial charge in [-0.3, -0.25) is 9.79 Å². The smallest absolute Gasteiger partial charge is 0.174 e. The number of Topliss-reactive ketones (excluding diaryl/α,β-unsaturated/α-hetero) is 1. The van der Waals surface area contributed by atoms with Crippen LogP contribution in [0.2, 0.25) is 0 Å². The summed E-state index contributed by atoms with van der Waals surface area (Å²) in [6, 6.07) is 28.2. The Morgan fingerprint density at radius 2 is 1.68 bits per heavy atom. The highest BCUT2D eigenvalue weighted by atomic mass is 32.2. The number of ketones is 1. The summed E-state index contributed by atoms with van der Waals surface area (Å²) in [6.07, 6.45) is 11.5. The number of carbonyl (C=O) groups is 1. The van der Waals surface area contributed by atoms with Crippen LogP contribution in [0.15, 0.2) is 106 Å². The van der Waals surface area contributed by atoms with Gasteiger partial charge in [0.1, 0.15) is 0 Å². The Kier molecular flexibility index (Phi) is 6.80. The average Bonchev–Trinajstić information content (AvgIpc) is 3.22. The third-order valence-corrected chi connectivity index (χ3v) is 8.11. The summed E-state index contributed by atoms with van der Waals surface area (Å²) in [5, 5.41) is 6.90. The number of thioether (sulfide) groups is 1. The molecule has 1 atom stereocenters. The maximum absolute atomic E-state index is 13.5. The Balaban J connectivity index is 0.000000200. The fourth-order valence-electron chi connectivity index (χ4n) is 5.40. The van der Waals surface area contributed by atoms with Crippen LogP contribution in [0.25, 0.3) is 12.2 Å². The summed E-state index contributed by atoms with van der Waals surface area (Å²) in [6.45, 7) is 0. The molecule has 1 unspecified atom stereocenters. The molecule has 38 heavy (non-hydrogen) atoms. The van der Waals surface area contributed by atoms with Gasteiger partial charge in [-0.25, -0.2) is 0 Å². The number of allylic oxidation sites excluding steroid dienone is 1. The molecule has 0 bridgehead atoms. The van der Waals surface area contributed by atoms with Crippen LogP contribution < -0.4 is 16.2 Å². The standard InChI is InChI=1S/C25H21NO.C9H7NS/c26-19-12-9-17(10-13-19)25(27)23-15-18-6-2-3-7-20(18)22-14-11-16-5-1-4-8-21(16)24(22)23;1-2-5-9-8(4-1)10-6-3-7-11-9/h2-3,5-7,9-15,23H,1,4,8,26H2;1-7H. The van der Waals surface area contributed by atoms with Gasteiger partial charge >= 0.3 is 0 Å². The Labute approximate surface area is 226 Å². The van der Waals surface area contributed by atoms with Crippen LogP contribution in [-0.4, -0.2) is 12.0 Å². The minimum absolute atomic E-state index is 0.143. The lowest BCUT2D eigenvalue weighted by molar-refractivity contribution is 0.0980. The van der Waals surface area contributed by atoms with Crippen LogP contribution >= 0.6 is 11.8 Å². The van der Waals surface area contributed by atoms with Crippen molar-refractivity contribution in [2.45, 2.75) is 30.1 Å². The average molecular weight is 513 g/mol. The molecule has 0 fully saturated rings. The van der Waals surface area contributed by atoms with E-state index in [2.05, 4.69) is 53.5 Å². The zero-order valence-electron chi connectivity index (χ0n) is 21.0. The van der Waals surface area contributed by atoms with Crippen LogP contribution in [0.4, 0.5) is 11.4 Å². The molecule has 7 rings (SSSR count).